The van der Waals surface area contributed by atoms with Crippen molar-refractivity contribution < 1.29 is 4.79 Å². The second kappa shape index (κ2) is 8.11. The molecule has 4 aromatic rings. The maximum Gasteiger partial charge on any atom is 0.253 e. The average Bonchev–Trinajstić information content (AvgIpc) is 3.47. The number of carbonyl (C=O) groups excluding carboxylic acids is 1. The maximum absolute atomic E-state index is 13.1. The number of carbonyl (C=O) groups is 1. The monoisotopic (exact) mass is 432 g/mol. The van der Waals surface area contributed by atoms with E-state index in [4.69, 9.17) is 0 Å². The minimum atomic E-state index is 0.138. The van der Waals surface area contributed by atoms with Crippen molar-refractivity contribution in [1.29, 1.82) is 0 Å². The highest BCUT2D eigenvalue weighted by Crippen LogP contribution is 2.23. The third kappa shape index (κ3) is 3.79. The largest absolute Gasteiger partial charge is 0.368 e. The Morgan fingerprint density at radius 1 is 1.00 bits per heavy atom. The summed E-state index contributed by atoms with van der Waals surface area (Å²) in [5, 5.41) is 6.65. The first-order valence-corrected chi connectivity index (χ1v) is 11.3. The van der Waals surface area contributed by atoms with E-state index in [2.05, 4.69) is 44.2 Å². The predicted molar refractivity (Wildman–Crippen MR) is 123 cm³/mol. The number of aryl methyl sites for hydroxylation is 2. The van der Waals surface area contributed by atoms with Gasteiger partial charge in [0.05, 0.1) is 11.3 Å². The number of rotatable bonds is 4. The normalized spacial score (nSPS) is 14.4. The Balaban J connectivity index is 1.32. The number of para-hydroxylation sites is 1. The summed E-state index contributed by atoms with van der Waals surface area (Å²) >= 11 is 1.60. The van der Waals surface area contributed by atoms with E-state index < -0.39 is 0 Å². The minimum Gasteiger partial charge on any atom is -0.368 e. The van der Waals surface area contributed by atoms with Gasteiger partial charge in [0.25, 0.3) is 5.78 Å². The number of hydrogen-bond donors (Lipinski definition) is 0. The van der Waals surface area contributed by atoms with Crippen LogP contribution in [-0.4, -0.2) is 56.6 Å². The van der Waals surface area contributed by atoms with Crippen molar-refractivity contribution in [3.05, 3.63) is 64.8 Å². The molecule has 0 spiro atoms. The van der Waals surface area contributed by atoms with Crippen LogP contribution < -0.4 is 4.90 Å². The van der Waals surface area contributed by atoms with Crippen LogP contribution in [0.25, 0.3) is 16.5 Å². The second-order valence-corrected chi connectivity index (χ2v) is 8.71. The Hall–Kier alpha value is -3.26. The molecule has 1 fully saturated rings. The van der Waals surface area contributed by atoms with Gasteiger partial charge < -0.3 is 9.80 Å². The van der Waals surface area contributed by atoms with Crippen LogP contribution in [0.5, 0.6) is 0 Å². The van der Waals surface area contributed by atoms with Crippen molar-refractivity contribution in [3.63, 3.8) is 0 Å². The van der Waals surface area contributed by atoms with Crippen LogP contribution in [0.3, 0.4) is 0 Å². The third-order valence-corrected chi connectivity index (χ3v) is 6.74. The molecule has 7 nitrogen and oxygen atoms in total. The summed E-state index contributed by atoms with van der Waals surface area (Å²) in [4.78, 5) is 27.6. The molecule has 0 saturated carbocycles. The van der Waals surface area contributed by atoms with Gasteiger partial charge in [0.1, 0.15) is 0 Å². The topological polar surface area (TPSA) is 66.6 Å². The van der Waals surface area contributed by atoms with E-state index in [1.165, 1.54) is 5.69 Å². The zero-order chi connectivity index (χ0) is 21.4. The van der Waals surface area contributed by atoms with Crippen LogP contribution in [0, 0.1) is 13.8 Å². The number of piperazine rings is 1. The first kappa shape index (κ1) is 19.7. The predicted octanol–water partition coefficient (Wildman–Crippen LogP) is 3.36. The molecule has 1 aromatic carbocycles. The molecule has 4 heterocycles. The molecule has 0 radical (unpaired) electrons. The van der Waals surface area contributed by atoms with E-state index in [9.17, 15) is 4.79 Å². The number of nitrogens with zero attached hydrogens (tertiary/aromatic N) is 6. The lowest BCUT2D eigenvalue weighted by Gasteiger charge is -2.36. The molecule has 31 heavy (non-hydrogen) atoms. The van der Waals surface area contributed by atoms with Crippen LogP contribution in [0.2, 0.25) is 0 Å². The fourth-order valence-electron chi connectivity index (χ4n) is 4.09. The van der Waals surface area contributed by atoms with Gasteiger partial charge in [-0.2, -0.15) is 4.98 Å². The Morgan fingerprint density at radius 2 is 1.77 bits per heavy atom. The minimum absolute atomic E-state index is 0.138. The summed E-state index contributed by atoms with van der Waals surface area (Å²) in [6.07, 6.45) is 0.333. The van der Waals surface area contributed by atoms with Crippen LogP contribution in [0.1, 0.15) is 17.0 Å². The molecular weight excluding hydrogens is 408 g/mol. The molecule has 3 aromatic heterocycles. The molecule has 1 amide bonds. The van der Waals surface area contributed by atoms with Crippen molar-refractivity contribution in [1.82, 2.24) is 24.5 Å². The van der Waals surface area contributed by atoms with Gasteiger partial charge in [-0.3, -0.25) is 4.79 Å². The van der Waals surface area contributed by atoms with Gasteiger partial charge in [0, 0.05) is 48.8 Å². The highest BCUT2D eigenvalue weighted by Gasteiger charge is 2.24. The first-order chi connectivity index (χ1) is 15.1. The smallest absolute Gasteiger partial charge is 0.253 e. The molecule has 5 rings (SSSR count). The van der Waals surface area contributed by atoms with Gasteiger partial charge in [-0.25, -0.2) is 9.50 Å². The number of fused-ring (bicyclic) bond motifs is 1. The van der Waals surface area contributed by atoms with Gasteiger partial charge in [-0.1, -0.05) is 24.3 Å². The third-order valence-electron chi connectivity index (χ3n) is 5.87. The molecule has 0 aliphatic carbocycles. The highest BCUT2D eigenvalue weighted by molar-refractivity contribution is 7.13. The lowest BCUT2D eigenvalue weighted by Crippen LogP contribution is -2.49. The maximum atomic E-state index is 13.1. The summed E-state index contributed by atoms with van der Waals surface area (Å²) in [5.74, 6) is 1.38. The van der Waals surface area contributed by atoms with E-state index in [0.29, 0.717) is 18.0 Å². The Kier molecular flexibility index (Phi) is 5.15. The van der Waals surface area contributed by atoms with Gasteiger partial charge in [0.15, 0.2) is 5.82 Å². The molecule has 0 unspecified atom stereocenters. The van der Waals surface area contributed by atoms with Crippen LogP contribution in [0.15, 0.2) is 47.8 Å². The summed E-state index contributed by atoms with van der Waals surface area (Å²) < 4.78 is 1.76. The van der Waals surface area contributed by atoms with Crippen molar-refractivity contribution >= 4 is 28.7 Å². The fourth-order valence-corrected chi connectivity index (χ4v) is 4.74. The molecular formula is C23H24N6OS. The van der Waals surface area contributed by atoms with Crippen LogP contribution in [0.4, 0.5) is 5.69 Å². The number of thiophene rings is 1. The van der Waals surface area contributed by atoms with E-state index in [1.807, 2.05) is 42.3 Å². The lowest BCUT2D eigenvalue weighted by molar-refractivity contribution is -0.130. The van der Waals surface area contributed by atoms with Crippen LogP contribution >= 0.6 is 11.3 Å². The van der Waals surface area contributed by atoms with Gasteiger partial charge in [-0.05, 0) is 37.4 Å². The van der Waals surface area contributed by atoms with E-state index in [0.717, 1.165) is 48.0 Å². The second-order valence-electron chi connectivity index (χ2n) is 7.77. The molecule has 8 heteroatoms. The summed E-state index contributed by atoms with van der Waals surface area (Å²) in [6, 6.07) is 14.4. The van der Waals surface area contributed by atoms with Gasteiger partial charge in [-0.15, -0.1) is 16.4 Å². The number of hydrogen-bond acceptors (Lipinski definition) is 6. The Bertz CT molecular complexity index is 1210. The van der Waals surface area contributed by atoms with Crippen molar-refractivity contribution in [2.45, 2.75) is 20.3 Å². The number of amides is 1. The van der Waals surface area contributed by atoms with Gasteiger partial charge in [0.2, 0.25) is 5.91 Å². The van der Waals surface area contributed by atoms with Crippen molar-refractivity contribution in [2.24, 2.45) is 0 Å². The highest BCUT2D eigenvalue weighted by atomic mass is 32.1. The van der Waals surface area contributed by atoms with Crippen LogP contribution in [-0.2, 0) is 11.2 Å². The molecule has 158 valence electrons. The first-order valence-electron chi connectivity index (χ1n) is 10.4. The number of anilines is 1. The van der Waals surface area contributed by atoms with E-state index in [-0.39, 0.29) is 5.91 Å². The summed E-state index contributed by atoms with van der Waals surface area (Å²) in [6.45, 7) is 7.09. The zero-order valence-electron chi connectivity index (χ0n) is 17.7. The van der Waals surface area contributed by atoms with E-state index >= 15 is 0 Å². The molecule has 0 atom stereocenters. The number of benzene rings is 1. The summed E-state index contributed by atoms with van der Waals surface area (Å²) in [5.41, 5.74) is 3.91. The van der Waals surface area contributed by atoms with Crippen molar-refractivity contribution in [3.8, 4) is 10.7 Å². The Labute approximate surface area is 185 Å². The molecule has 0 N–H and O–H groups in total. The van der Waals surface area contributed by atoms with Gasteiger partial charge >= 0.3 is 0 Å². The van der Waals surface area contributed by atoms with E-state index in [1.54, 1.807) is 15.9 Å². The lowest BCUT2D eigenvalue weighted by atomic mass is 10.1. The summed E-state index contributed by atoms with van der Waals surface area (Å²) in [7, 11) is 0. The quantitative estimate of drug-likeness (QED) is 0.495. The molecule has 1 aliphatic rings. The molecule has 0 bridgehead atoms. The SMILES string of the molecule is Cc1nc2nc(-c3cccs3)nn2c(C)c1CC(=O)N1CCN(c2ccccc2)CC1. The zero-order valence-corrected chi connectivity index (χ0v) is 18.5. The average molecular weight is 433 g/mol. The van der Waals surface area contributed by atoms with Crippen molar-refractivity contribution in [2.75, 3.05) is 31.1 Å². The standard InChI is InChI=1S/C23H24N6OS/c1-16-19(17(2)29-23(24-16)25-22(26-29)20-9-6-14-31-20)15-21(30)28-12-10-27(11-13-28)18-7-4-3-5-8-18/h3-9,14H,10-13,15H2,1-2H3. The molecule has 1 aliphatic heterocycles. The Morgan fingerprint density at radius 3 is 2.48 bits per heavy atom. The number of aromatic nitrogens is 4. The fraction of sp³-hybridized carbons (Fsp3) is 0.304. The molecule has 1 saturated heterocycles.